The first-order valence-electron chi connectivity index (χ1n) is 14.3. The summed E-state index contributed by atoms with van der Waals surface area (Å²) < 4.78 is 68.0. The molecule has 4 atom stereocenters. The van der Waals surface area contributed by atoms with Crippen LogP contribution in [0.3, 0.4) is 0 Å². The molecule has 6 aliphatic rings. The molecule has 0 aromatic heterocycles. The number of hydrogen-bond donors (Lipinski definition) is 2. The van der Waals surface area contributed by atoms with Gasteiger partial charge in [-0.15, -0.1) is 4.40 Å². The zero-order valence-corrected chi connectivity index (χ0v) is 24.7. The van der Waals surface area contributed by atoms with Gasteiger partial charge in [-0.1, -0.05) is 18.2 Å². The van der Waals surface area contributed by atoms with Crippen LogP contribution in [-0.2, 0) is 37.0 Å². The van der Waals surface area contributed by atoms with E-state index in [2.05, 4.69) is 9.71 Å². The zero-order valence-electron chi connectivity index (χ0n) is 23.0. The van der Waals surface area contributed by atoms with Crippen LogP contribution in [0.15, 0.2) is 63.1 Å². The highest BCUT2D eigenvalue weighted by Gasteiger charge is 2.56. The molecule has 0 spiro atoms. The van der Waals surface area contributed by atoms with E-state index in [1.54, 1.807) is 17.0 Å². The number of hydrogen-bond acceptors (Lipinski definition) is 7. The maximum absolute atomic E-state index is 14.3. The van der Waals surface area contributed by atoms with Crippen LogP contribution in [0.5, 0.6) is 0 Å². The SMILES string of the molecule is CS(=O)(=O)Cc1ccc2c(c1)S(=O)(=O)N=C(C1=C(O)[C@@H]3C4CC5CC(C4)CC(C5)[C@@H]3N(Cc3ccc(F)cc3)C1=O)N2. The Labute approximate surface area is 244 Å². The van der Waals surface area contributed by atoms with Crippen molar-refractivity contribution in [2.24, 2.45) is 34.0 Å². The third-order valence-electron chi connectivity index (χ3n) is 9.70. The Morgan fingerprint density at radius 3 is 2.31 bits per heavy atom. The van der Waals surface area contributed by atoms with Crippen LogP contribution >= 0.6 is 0 Å². The first-order valence-corrected chi connectivity index (χ1v) is 17.8. The highest BCUT2D eigenvalue weighted by Crippen LogP contribution is 2.57. The highest BCUT2D eigenvalue weighted by atomic mass is 32.2. The first-order chi connectivity index (χ1) is 19.9. The van der Waals surface area contributed by atoms with Crippen molar-refractivity contribution in [3.63, 3.8) is 0 Å². The topological polar surface area (TPSA) is 133 Å². The Balaban J connectivity index is 1.33. The number of fused-ring (bicyclic) bond motifs is 1. The van der Waals surface area contributed by atoms with Crippen LogP contribution in [0, 0.1) is 35.4 Å². The molecule has 8 rings (SSSR count). The van der Waals surface area contributed by atoms with Gasteiger partial charge in [0.1, 0.15) is 22.0 Å². The summed E-state index contributed by atoms with van der Waals surface area (Å²) in [7, 11) is -7.73. The molecule has 4 saturated carbocycles. The lowest BCUT2D eigenvalue weighted by Crippen LogP contribution is -2.55. The van der Waals surface area contributed by atoms with Crippen LogP contribution in [0.25, 0.3) is 0 Å². The van der Waals surface area contributed by atoms with E-state index in [4.69, 9.17) is 0 Å². The number of rotatable bonds is 5. The largest absolute Gasteiger partial charge is 0.511 e. The minimum atomic E-state index is -4.33. The molecule has 2 aliphatic heterocycles. The fourth-order valence-electron chi connectivity index (χ4n) is 8.38. The number of amidine groups is 1. The number of nitrogens with zero attached hydrogens (tertiary/aromatic N) is 2. The average Bonchev–Trinajstić information content (AvgIpc) is 3.07. The number of nitrogens with one attached hydrogen (secondary N) is 1. The van der Waals surface area contributed by atoms with E-state index in [0.29, 0.717) is 17.4 Å². The van der Waals surface area contributed by atoms with Crippen LogP contribution in [0.1, 0.15) is 43.2 Å². The molecule has 4 bridgehead atoms. The minimum absolute atomic E-state index is 0.114. The van der Waals surface area contributed by atoms with Crippen molar-refractivity contribution >= 4 is 37.3 Å². The number of sulfone groups is 1. The summed E-state index contributed by atoms with van der Waals surface area (Å²) in [5, 5.41) is 14.8. The molecule has 2 unspecified atom stereocenters. The van der Waals surface area contributed by atoms with Gasteiger partial charge in [0.05, 0.1) is 11.4 Å². The summed E-state index contributed by atoms with van der Waals surface area (Å²) in [5.41, 5.74) is 1.03. The van der Waals surface area contributed by atoms with Gasteiger partial charge >= 0.3 is 0 Å². The number of halogens is 1. The van der Waals surface area contributed by atoms with E-state index < -0.39 is 25.8 Å². The van der Waals surface area contributed by atoms with Gasteiger partial charge in [0.15, 0.2) is 15.7 Å². The number of aliphatic hydroxyl groups excluding tert-OH is 1. The first kappa shape index (κ1) is 27.6. The quantitative estimate of drug-likeness (QED) is 0.517. The molecule has 2 N–H and O–H groups in total. The van der Waals surface area contributed by atoms with E-state index in [9.17, 15) is 31.1 Å². The number of anilines is 1. The molecule has 2 aromatic carbocycles. The number of aliphatic hydroxyl groups is 1. The summed E-state index contributed by atoms with van der Waals surface area (Å²) in [6.45, 7) is 0.196. The van der Waals surface area contributed by atoms with Gasteiger partial charge < -0.3 is 15.3 Å². The smallest absolute Gasteiger partial charge is 0.286 e. The molecule has 2 heterocycles. The second-order valence-electron chi connectivity index (χ2n) is 12.7. The van der Waals surface area contributed by atoms with Gasteiger partial charge in [-0.3, -0.25) is 4.79 Å². The van der Waals surface area contributed by atoms with Crippen LogP contribution in [0.4, 0.5) is 10.1 Å². The Hall–Kier alpha value is -3.25. The average molecular weight is 614 g/mol. The molecule has 12 heteroatoms. The predicted molar refractivity (Wildman–Crippen MR) is 154 cm³/mol. The fourth-order valence-corrected chi connectivity index (χ4v) is 10.3. The normalized spacial score (nSPS) is 31.2. The van der Waals surface area contributed by atoms with Gasteiger partial charge in [0.25, 0.3) is 15.9 Å². The van der Waals surface area contributed by atoms with Crippen molar-refractivity contribution in [2.75, 3.05) is 11.6 Å². The zero-order chi connectivity index (χ0) is 29.6. The lowest BCUT2D eigenvalue weighted by Gasteiger charge is -2.45. The summed E-state index contributed by atoms with van der Waals surface area (Å²) in [6, 6.07) is 9.97. The molecule has 1 amide bonds. The van der Waals surface area contributed by atoms with E-state index in [0.717, 1.165) is 37.5 Å². The molecule has 0 saturated heterocycles. The van der Waals surface area contributed by atoms with Crippen LogP contribution in [0.2, 0.25) is 0 Å². The van der Waals surface area contributed by atoms with Crippen molar-refractivity contribution in [1.82, 2.24) is 4.90 Å². The number of carbonyl (C=O) groups excluding carboxylic acids is 1. The Kier molecular flexibility index (Phi) is 6.32. The fraction of sp³-hybridized carbons (Fsp3) is 0.467. The molecular weight excluding hydrogens is 581 g/mol. The van der Waals surface area contributed by atoms with Crippen molar-refractivity contribution in [3.05, 3.63) is 70.7 Å². The van der Waals surface area contributed by atoms with E-state index >= 15 is 0 Å². The predicted octanol–water partition coefficient (Wildman–Crippen LogP) is 4.18. The van der Waals surface area contributed by atoms with Crippen molar-refractivity contribution < 1.29 is 31.1 Å². The van der Waals surface area contributed by atoms with Gasteiger partial charge in [0.2, 0.25) is 0 Å². The monoisotopic (exact) mass is 613 g/mol. The molecule has 9 nitrogen and oxygen atoms in total. The molecule has 4 fully saturated rings. The third kappa shape index (κ3) is 4.72. The number of amides is 1. The van der Waals surface area contributed by atoms with Gasteiger partial charge in [-0.2, -0.15) is 8.42 Å². The van der Waals surface area contributed by atoms with E-state index in [1.165, 1.54) is 36.8 Å². The Bertz CT molecular complexity index is 1760. The van der Waals surface area contributed by atoms with Gasteiger partial charge in [-0.25, -0.2) is 12.8 Å². The van der Waals surface area contributed by atoms with Gasteiger partial charge in [0, 0.05) is 24.8 Å². The lowest BCUT2D eigenvalue weighted by atomic mass is 9.67. The number of benzene rings is 2. The standard InChI is InChI=1S/C30H32FN3O6S2/c1-41(37,38)15-17-4-7-23-24(13-17)42(39,40)33-29(32-23)26-28(35)25-20-9-18-8-19(10-20)12-21(11-18)27(25)34(30(26)36)14-16-2-5-22(31)6-3-16/h2-7,13,18-21,25,27,35H,8-12,14-15H2,1H3,(H,32,33)/t18?,19?,20?,21?,25-,27+/m1/s1. The molecule has 2 aromatic rings. The number of sulfonamides is 1. The Morgan fingerprint density at radius 1 is 1.00 bits per heavy atom. The second kappa shape index (κ2) is 9.63. The summed E-state index contributed by atoms with van der Waals surface area (Å²) in [4.78, 5) is 15.9. The molecular formula is C30H32FN3O6S2. The van der Waals surface area contributed by atoms with Crippen molar-refractivity contribution in [2.45, 2.75) is 55.3 Å². The lowest BCUT2D eigenvalue weighted by molar-refractivity contribution is -0.135. The number of carbonyl (C=O) groups is 1. The second-order valence-corrected chi connectivity index (χ2v) is 16.4. The van der Waals surface area contributed by atoms with Crippen LogP contribution in [-0.4, -0.2) is 50.9 Å². The summed E-state index contributed by atoms with van der Waals surface area (Å²) >= 11 is 0. The van der Waals surface area contributed by atoms with E-state index in [1.807, 2.05) is 0 Å². The molecule has 222 valence electrons. The maximum atomic E-state index is 14.3. The molecule has 0 radical (unpaired) electrons. The highest BCUT2D eigenvalue weighted by molar-refractivity contribution is 7.90. The Morgan fingerprint density at radius 2 is 1.64 bits per heavy atom. The maximum Gasteiger partial charge on any atom is 0.286 e. The third-order valence-corrected chi connectivity index (χ3v) is 11.9. The van der Waals surface area contributed by atoms with E-state index in [-0.39, 0.29) is 69.7 Å². The summed E-state index contributed by atoms with van der Waals surface area (Å²) in [6.07, 6.45) is 6.11. The molecule has 42 heavy (non-hydrogen) atoms. The van der Waals surface area contributed by atoms with Crippen LogP contribution < -0.4 is 5.32 Å². The van der Waals surface area contributed by atoms with Gasteiger partial charge in [-0.05, 0) is 91.2 Å². The summed E-state index contributed by atoms with van der Waals surface area (Å²) in [5.74, 6) is -0.509. The van der Waals surface area contributed by atoms with Crippen molar-refractivity contribution in [1.29, 1.82) is 0 Å². The van der Waals surface area contributed by atoms with Crippen molar-refractivity contribution in [3.8, 4) is 0 Å². The minimum Gasteiger partial charge on any atom is -0.511 e. The molecule has 4 aliphatic carbocycles.